The molecule has 3 heteroatoms. The van der Waals surface area contributed by atoms with Crippen LogP contribution in [-0.4, -0.2) is 32.5 Å². The second-order valence-electron chi connectivity index (χ2n) is 3.71. The molecule has 2 N–H and O–H groups in total. The molecule has 0 aromatic heterocycles. The van der Waals surface area contributed by atoms with E-state index < -0.39 is 0 Å². The number of nitrogens with two attached hydrogens (primary N) is 1. The Bertz CT molecular complexity index is 107. The Morgan fingerprint density at radius 3 is 2.31 bits per heavy atom. The quantitative estimate of drug-likeness (QED) is 0.587. The molecule has 0 saturated heterocycles. The van der Waals surface area contributed by atoms with Crippen LogP contribution in [0.5, 0.6) is 0 Å². The van der Waals surface area contributed by atoms with Crippen molar-refractivity contribution in [3.63, 3.8) is 0 Å². The Balaban J connectivity index is 3.12. The van der Waals surface area contributed by atoms with Crippen LogP contribution in [0.4, 0.5) is 0 Å². The van der Waals surface area contributed by atoms with Crippen LogP contribution in [0, 0.1) is 5.92 Å². The summed E-state index contributed by atoms with van der Waals surface area (Å²) in [6.07, 6.45) is 1.44. The molecule has 0 saturated carbocycles. The predicted octanol–water partition coefficient (Wildman–Crippen LogP) is 1.41. The number of hydrogen-bond donors (Lipinski definition) is 1. The van der Waals surface area contributed by atoms with Crippen LogP contribution >= 0.6 is 0 Å². The van der Waals surface area contributed by atoms with Crippen LogP contribution in [-0.2, 0) is 9.47 Å². The first-order valence-electron chi connectivity index (χ1n) is 5.06. The average Bonchev–Trinajstić information content (AvgIpc) is 2.02. The fourth-order valence-electron chi connectivity index (χ4n) is 1.23. The van der Waals surface area contributed by atoms with Gasteiger partial charge >= 0.3 is 0 Å². The Morgan fingerprint density at radius 1 is 1.08 bits per heavy atom. The molecule has 3 nitrogen and oxygen atoms in total. The molecule has 1 atom stereocenters. The van der Waals surface area contributed by atoms with E-state index in [0.717, 1.165) is 6.42 Å². The van der Waals surface area contributed by atoms with Gasteiger partial charge in [0.2, 0.25) is 0 Å². The molecule has 0 radical (unpaired) electrons. The Kier molecular flexibility index (Phi) is 8.40. The van der Waals surface area contributed by atoms with Gasteiger partial charge in [-0.15, -0.1) is 0 Å². The largest absolute Gasteiger partial charge is 0.378 e. The van der Waals surface area contributed by atoms with Gasteiger partial charge in [0.25, 0.3) is 0 Å². The number of hydrogen-bond acceptors (Lipinski definition) is 3. The van der Waals surface area contributed by atoms with Crippen molar-refractivity contribution in [1.29, 1.82) is 0 Å². The van der Waals surface area contributed by atoms with E-state index in [1.54, 1.807) is 0 Å². The number of rotatable bonds is 8. The van der Waals surface area contributed by atoms with E-state index >= 15 is 0 Å². The van der Waals surface area contributed by atoms with Crippen LogP contribution in [0.25, 0.3) is 0 Å². The first-order chi connectivity index (χ1) is 6.16. The molecule has 0 heterocycles. The molecule has 0 spiro atoms. The van der Waals surface area contributed by atoms with E-state index in [1.807, 2.05) is 0 Å². The molecule has 80 valence electrons. The smallest absolute Gasteiger partial charge is 0.0704 e. The summed E-state index contributed by atoms with van der Waals surface area (Å²) < 4.78 is 10.7. The predicted molar refractivity (Wildman–Crippen MR) is 54.7 cm³/mol. The van der Waals surface area contributed by atoms with E-state index in [0.29, 0.717) is 38.4 Å². The lowest BCUT2D eigenvalue weighted by Gasteiger charge is -2.14. The molecule has 0 bridgehead atoms. The molecule has 0 aliphatic rings. The van der Waals surface area contributed by atoms with Gasteiger partial charge in [-0.2, -0.15) is 0 Å². The van der Waals surface area contributed by atoms with Crippen molar-refractivity contribution in [3.8, 4) is 0 Å². The van der Waals surface area contributed by atoms with Gasteiger partial charge in [-0.25, -0.2) is 0 Å². The minimum atomic E-state index is 0.335. The van der Waals surface area contributed by atoms with Gasteiger partial charge in [-0.05, 0) is 19.3 Å². The van der Waals surface area contributed by atoms with E-state index in [4.69, 9.17) is 15.2 Å². The third-order valence-electron chi connectivity index (χ3n) is 1.70. The van der Waals surface area contributed by atoms with Crippen molar-refractivity contribution in [2.24, 2.45) is 11.7 Å². The van der Waals surface area contributed by atoms with Crippen LogP contribution in [0.2, 0.25) is 0 Å². The third-order valence-corrected chi connectivity index (χ3v) is 1.70. The van der Waals surface area contributed by atoms with Crippen LogP contribution in [0.1, 0.15) is 27.2 Å². The summed E-state index contributed by atoms with van der Waals surface area (Å²) in [6.45, 7) is 9.04. The lowest BCUT2D eigenvalue weighted by Crippen LogP contribution is -2.16. The zero-order chi connectivity index (χ0) is 10.1. The molecule has 0 fully saturated rings. The highest BCUT2D eigenvalue weighted by atomic mass is 16.5. The van der Waals surface area contributed by atoms with Crippen molar-refractivity contribution in [1.82, 2.24) is 0 Å². The molecule has 0 aromatic carbocycles. The molecule has 1 unspecified atom stereocenters. The molecule has 0 rings (SSSR count). The van der Waals surface area contributed by atoms with Gasteiger partial charge < -0.3 is 15.2 Å². The minimum absolute atomic E-state index is 0.335. The molecule has 0 aromatic rings. The highest BCUT2D eigenvalue weighted by molar-refractivity contribution is 4.53. The molecular weight excluding hydrogens is 166 g/mol. The van der Waals surface area contributed by atoms with Crippen molar-refractivity contribution in [3.05, 3.63) is 0 Å². The average molecular weight is 189 g/mol. The summed E-state index contributed by atoms with van der Waals surface area (Å²) in [4.78, 5) is 0. The van der Waals surface area contributed by atoms with Gasteiger partial charge in [-0.1, -0.05) is 13.8 Å². The summed E-state index contributed by atoms with van der Waals surface area (Å²) in [7, 11) is 0. The van der Waals surface area contributed by atoms with Crippen molar-refractivity contribution in [2.45, 2.75) is 33.3 Å². The van der Waals surface area contributed by atoms with Gasteiger partial charge in [0.1, 0.15) is 0 Å². The lowest BCUT2D eigenvalue weighted by atomic mass is 10.1. The van der Waals surface area contributed by atoms with Crippen molar-refractivity contribution < 1.29 is 9.47 Å². The Morgan fingerprint density at radius 2 is 1.77 bits per heavy atom. The molecule has 0 amide bonds. The lowest BCUT2D eigenvalue weighted by molar-refractivity contribution is 0.00637. The summed E-state index contributed by atoms with van der Waals surface area (Å²) in [5.41, 5.74) is 5.27. The van der Waals surface area contributed by atoms with Crippen molar-refractivity contribution >= 4 is 0 Å². The number of ether oxygens (including phenoxy) is 2. The highest BCUT2D eigenvalue weighted by Crippen LogP contribution is 2.06. The zero-order valence-electron chi connectivity index (χ0n) is 9.08. The van der Waals surface area contributed by atoms with Gasteiger partial charge in [-0.3, -0.25) is 0 Å². The SMILES string of the molecule is CC(C)CC(C)OCCOCCN. The molecule has 0 aliphatic heterocycles. The standard InChI is InChI=1S/C10H23NO2/c1-9(2)8-10(3)13-7-6-12-5-4-11/h9-10H,4-8,11H2,1-3H3. The Labute approximate surface area is 81.6 Å². The van der Waals surface area contributed by atoms with Gasteiger partial charge in [0, 0.05) is 6.54 Å². The summed E-state index contributed by atoms with van der Waals surface area (Å²) in [6, 6.07) is 0. The maximum absolute atomic E-state index is 5.53. The second kappa shape index (κ2) is 8.48. The summed E-state index contributed by atoms with van der Waals surface area (Å²) in [5, 5.41) is 0. The van der Waals surface area contributed by atoms with Crippen molar-refractivity contribution in [2.75, 3.05) is 26.4 Å². The first kappa shape index (κ1) is 12.9. The Hall–Kier alpha value is -0.120. The topological polar surface area (TPSA) is 44.5 Å². The fraction of sp³-hybridized carbons (Fsp3) is 1.00. The first-order valence-corrected chi connectivity index (χ1v) is 5.06. The normalized spacial score (nSPS) is 13.6. The highest BCUT2D eigenvalue weighted by Gasteiger charge is 2.04. The van der Waals surface area contributed by atoms with E-state index in [2.05, 4.69) is 20.8 Å². The van der Waals surface area contributed by atoms with Gasteiger partial charge in [0.15, 0.2) is 0 Å². The maximum atomic E-state index is 5.53. The molecule has 0 aliphatic carbocycles. The van der Waals surface area contributed by atoms with Crippen LogP contribution < -0.4 is 5.73 Å². The summed E-state index contributed by atoms with van der Waals surface area (Å²) in [5.74, 6) is 0.694. The third kappa shape index (κ3) is 9.80. The van der Waals surface area contributed by atoms with Crippen LogP contribution in [0.15, 0.2) is 0 Å². The maximum Gasteiger partial charge on any atom is 0.0704 e. The fourth-order valence-corrected chi connectivity index (χ4v) is 1.23. The summed E-state index contributed by atoms with van der Waals surface area (Å²) >= 11 is 0. The van der Waals surface area contributed by atoms with E-state index in [9.17, 15) is 0 Å². The monoisotopic (exact) mass is 189 g/mol. The van der Waals surface area contributed by atoms with Crippen LogP contribution in [0.3, 0.4) is 0 Å². The minimum Gasteiger partial charge on any atom is -0.378 e. The second-order valence-corrected chi connectivity index (χ2v) is 3.71. The molecular formula is C10H23NO2. The van der Waals surface area contributed by atoms with E-state index in [-0.39, 0.29) is 0 Å². The van der Waals surface area contributed by atoms with E-state index in [1.165, 1.54) is 0 Å². The molecule has 13 heavy (non-hydrogen) atoms. The van der Waals surface area contributed by atoms with Gasteiger partial charge in [0.05, 0.1) is 25.9 Å². The zero-order valence-corrected chi connectivity index (χ0v) is 9.08.